The Morgan fingerprint density at radius 1 is 1.18 bits per heavy atom. The van der Waals surface area contributed by atoms with E-state index in [2.05, 4.69) is 11.4 Å². The monoisotopic (exact) mass is 379 g/mol. The number of carbonyl (C=O) groups excluding carboxylic acids is 1. The third-order valence-electron chi connectivity index (χ3n) is 6.12. The first kappa shape index (κ1) is 18.9. The normalized spacial score (nSPS) is 20.1. The van der Waals surface area contributed by atoms with Gasteiger partial charge in [0, 0.05) is 12.0 Å². The Bertz CT molecular complexity index is 855. The van der Waals surface area contributed by atoms with Crippen molar-refractivity contribution in [1.82, 2.24) is 5.32 Å². The van der Waals surface area contributed by atoms with Gasteiger partial charge in [-0.05, 0) is 55.9 Å². The van der Waals surface area contributed by atoms with E-state index in [4.69, 9.17) is 9.47 Å². The highest BCUT2D eigenvalue weighted by Gasteiger charge is 2.42. The van der Waals surface area contributed by atoms with Gasteiger partial charge in [-0.15, -0.1) is 0 Å². The highest BCUT2D eigenvalue weighted by Crippen LogP contribution is 2.46. The molecule has 2 aliphatic rings. The van der Waals surface area contributed by atoms with Gasteiger partial charge in [0.15, 0.2) is 0 Å². The molecule has 2 aromatic carbocycles. The van der Waals surface area contributed by atoms with Gasteiger partial charge in [0.05, 0.1) is 19.6 Å². The fourth-order valence-corrected chi connectivity index (χ4v) is 4.73. The van der Waals surface area contributed by atoms with Crippen molar-refractivity contribution in [2.75, 3.05) is 7.11 Å². The zero-order chi connectivity index (χ0) is 19.6. The highest BCUT2D eigenvalue weighted by molar-refractivity contribution is 5.79. The summed E-state index contributed by atoms with van der Waals surface area (Å²) in [7, 11) is 1.67. The number of fused-ring (bicyclic) bond motifs is 1. The Morgan fingerprint density at radius 2 is 1.96 bits per heavy atom. The minimum absolute atomic E-state index is 0.00916. The Kier molecular flexibility index (Phi) is 5.29. The minimum Gasteiger partial charge on any atom is -0.496 e. The second-order valence-corrected chi connectivity index (χ2v) is 8.19. The molecule has 4 heteroatoms. The molecule has 1 atom stereocenters. The van der Waals surface area contributed by atoms with Gasteiger partial charge >= 0.3 is 0 Å². The Balaban J connectivity index is 1.51. The van der Waals surface area contributed by atoms with Crippen molar-refractivity contribution in [2.24, 2.45) is 0 Å². The zero-order valence-corrected chi connectivity index (χ0v) is 16.8. The van der Waals surface area contributed by atoms with Gasteiger partial charge in [0.1, 0.15) is 17.1 Å². The van der Waals surface area contributed by atoms with Crippen LogP contribution >= 0.6 is 0 Å². The van der Waals surface area contributed by atoms with E-state index >= 15 is 0 Å². The van der Waals surface area contributed by atoms with Gasteiger partial charge in [-0.2, -0.15) is 0 Å². The third-order valence-corrected chi connectivity index (χ3v) is 6.12. The summed E-state index contributed by atoms with van der Waals surface area (Å²) in [4.78, 5) is 12.8. The number of ether oxygens (including phenoxy) is 2. The summed E-state index contributed by atoms with van der Waals surface area (Å²) in [6.45, 7) is 2.00. The zero-order valence-electron chi connectivity index (χ0n) is 16.8. The first-order chi connectivity index (χ1) is 13.6. The summed E-state index contributed by atoms with van der Waals surface area (Å²) in [6.07, 6.45) is 7.06. The molecule has 1 saturated carbocycles. The molecular weight excluding hydrogens is 350 g/mol. The van der Waals surface area contributed by atoms with E-state index in [1.807, 2.05) is 43.3 Å². The van der Waals surface area contributed by atoms with E-state index in [1.54, 1.807) is 7.11 Å². The van der Waals surface area contributed by atoms with Crippen LogP contribution in [-0.4, -0.2) is 18.6 Å². The van der Waals surface area contributed by atoms with Crippen LogP contribution in [0.5, 0.6) is 11.5 Å². The van der Waals surface area contributed by atoms with Crippen LogP contribution in [0, 0.1) is 6.92 Å². The molecule has 0 bridgehead atoms. The van der Waals surface area contributed by atoms with Crippen molar-refractivity contribution in [2.45, 2.75) is 63.5 Å². The van der Waals surface area contributed by atoms with Gasteiger partial charge in [0.2, 0.25) is 5.91 Å². The number of hydrogen-bond donors (Lipinski definition) is 1. The maximum absolute atomic E-state index is 12.8. The number of nitrogens with one attached hydrogen (secondary N) is 1. The second kappa shape index (κ2) is 7.86. The molecule has 4 rings (SSSR count). The molecule has 1 fully saturated rings. The molecule has 2 aromatic rings. The fraction of sp³-hybridized carbons (Fsp3) is 0.458. The van der Waals surface area contributed by atoms with Crippen molar-refractivity contribution >= 4 is 5.91 Å². The van der Waals surface area contributed by atoms with Crippen LogP contribution in [0.2, 0.25) is 0 Å². The first-order valence-corrected chi connectivity index (χ1v) is 10.3. The lowest BCUT2D eigenvalue weighted by atomic mass is 9.77. The molecule has 1 aliphatic heterocycles. The molecule has 0 unspecified atom stereocenters. The van der Waals surface area contributed by atoms with Crippen LogP contribution in [0.25, 0.3) is 0 Å². The molecule has 1 aliphatic carbocycles. The predicted molar refractivity (Wildman–Crippen MR) is 110 cm³/mol. The summed E-state index contributed by atoms with van der Waals surface area (Å²) in [5, 5.41) is 3.29. The van der Waals surface area contributed by atoms with Crippen LogP contribution in [-0.2, 0) is 11.2 Å². The number of amides is 1. The molecule has 1 heterocycles. The topological polar surface area (TPSA) is 47.6 Å². The van der Waals surface area contributed by atoms with Crippen LogP contribution < -0.4 is 14.8 Å². The average molecular weight is 380 g/mol. The van der Waals surface area contributed by atoms with Crippen molar-refractivity contribution in [3.8, 4) is 11.5 Å². The molecular formula is C24H29NO3. The van der Waals surface area contributed by atoms with E-state index in [1.165, 1.54) is 19.3 Å². The van der Waals surface area contributed by atoms with E-state index in [0.717, 1.165) is 47.5 Å². The van der Waals surface area contributed by atoms with Gasteiger partial charge in [-0.25, -0.2) is 0 Å². The van der Waals surface area contributed by atoms with Gasteiger partial charge in [0.25, 0.3) is 0 Å². The number of benzene rings is 2. The average Bonchev–Trinajstić information content (AvgIpc) is 2.68. The van der Waals surface area contributed by atoms with Crippen LogP contribution in [0.4, 0.5) is 0 Å². The number of methoxy groups -OCH3 is 1. The van der Waals surface area contributed by atoms with Gasteiger partial charge in [-0.1, -0.05) is 36.8 Å². The fourth-order valence-electron chi connectivity index (χ4n) is 4.73. The summed E-state index contributed by atoms with van der Waals surface area (Å²) < 4.78 is 11.8. The van der Waals surface area contributed by atoms with E-state index in [0.29, 0.717) is 6.42 Å². The molecule has 0 saturated heterocycles. The standard InChI is InChI=1S/C24H29NO3/c1-17-14-18(10-11-21(17)27-2)15-23(26)25-20-16-24(12-6-3-7-13-24)28-22-9-5-4-8-19(20)22/h4-5,8-11,14,20H,3,6-7,12-13,15-16H2,1-2H3,(H,25,26)/t20-/m1/s1. The van der Waals surface area contributed by atoms with Crippen LogP contribution in [0.3, 0.4) is 0 Å². The minimum atomic E-state index is -0.124. The molecule has 0 radical (unpaired) electrons. The Labute approximate surface area is 167 Å². The highest BCUT2D eigenvalue weighted by atomic mass is 16.5. The van der Waals surface area contributed by atoms with Crippen molar-refractivity contribution in [3.05, 3.63) is 59.2 Å². The van der Waals surface area contributed by atoms with Crippen molar-refractivity contribution in [1.29, 1.82) is 0 Å². The number of rotatable bonds is 4. The predicted octanol–water partition coefficient (Wildman–Crippen LogP) is 4.89. The number of hydrogen-bond acceptors (Lipinski definition) is 3. The van der Waals surface area contributed by atoms with E-state index in [9.17, 15) is 4.79 Å². The van der Waals surface area contributed by atoms with Gasteiger partial charge < -0.3 is 14.8 Å². The van der Waals surface area contributed by atoms with Crippen LogP contribution in [0.15, 0.2) is 42.5 Å². The smallest absolute Gasteiger partial charge is 0.224 e. The summed E-state index contributed by atoms with van der Waals surface area (Å²) in [5.74, 6) is 1.83. The molecule has 28 heavy (non-hydrogen) atoms. The summed E-state index contributed by atoms with van der Waals surface area (Å²) in [6, 6.07) is 14.1. The summed E-state index contributed by atoms with van der Waals surface area (Å²) in [5.41, 5.74) is 3.02. The second-order valence-electron chi connectivity index (χ2n) is 8.19. The third kappa shape index (κ3) is 3.87. The number of para-hydroxylation sites is 1. The number of aryl methyl sites for hydroxylation is 1. The summed E-state index contributed by atoms with van der Waals surface area (Å²) >= 11 is 0. The van der Waals surface area contributed by atoms with E-state index < -0.39 is 0 Å². The lowest BCUT2D eigenvalue weighted by molar-refractivity contribution is -0.122. The molecule has 0 aromatic heterocycles. The molecule has 1 N–H and O–H groups in total. The van der Waals surface area contributed by atoms with Crippen LogP contribution in [0.1, 0.15) is 61.3 Å². The molecule has 1 amide bonds. The Hall–Kier alpha value is -2.49. The molecule has 1 spiro atoms. The van der Waals surface area contributed by atoms with E-state index in [-0.39, 0.29) is 17.6 Å². The van der Waals surface area contributed by atoms with Crippen molar-refractivity contribution < 1.29 is 14.3 Å². The quantitative estimate of drug-likeness (QED) is 0.823. The van der Waals surface area contributed by atoms with Gasteiger partial charge in [-0.3, -0.25) is 4.79 Å². The maximum atomic E-state index is 12.8. The Morgan fingerprint density at radius 3 is 2.71 bits per heavy atom. The molecule has 148 valence electrons. The lowest BCUT2D eigenvalue weighted by Gasteiger charge is -2.44. The largest absolute Gasteiger partial charge is 0.496 e. The molecule has 4 nitrogen and oxygen atoms in total. The first-order valence-electron chi connectivity index (χ1n) is 10.3. The lowest BCUT2D eigenvalue weighted by Crippen LogP contribution is -2.46. The van der Waals surface area contributed by atoms with Crippen molar-refractivity contribution in [3.63, 3.8) is 0 Å². The SMILES string of the molecule is COc1ccc(CC(=O)N[C@@H]2CC3(CCCCC3)Oc3ccccc32)cc1C. The maximum Gasteiger partial charge on any atom is 0.224 e. The number of carbonyl (C=O) groups is 1.